The Labute approximate surface area is 117 Å². The summed E-state index contributed by atoms with van der Waals surface area (Å²) in [6, 6.07) is 12.6. The van der Waals surface area contributed by atoms with Gasteiger partial charge in [-0.15, -0.1) is 0 Å². The summed E-state index contributed by atoms with van der Waals surface area (Å²) in [5.74, 6) is -0.935. The Hall–Kier alpha value is -2.62. The Morgan fingerprint density at radius 1 is 1.15 bits per heavy atom. The normalized spacial score (nSPS) is 10.7. The van der Waals surface area contributed by atoms with Crippen LogP contribution in [0.1, 0.15) is 27.0 Å². The first-order valence-electron chi connectivity index (χ1n) is 6.26. The number of nitrogens with one attached hydrogen (secondary N) is 1. The maximum absolute atomic E-state index is 10.7. The lowest BCUT2D eigenvalue weighted by Gasteiger charge is -2.03. The molecule has 0 aliphatic heterocycles. The summed E-state index contributed by atoms with van der Waals surface area (Å²) in [6.07, 6.45) is 1.76. The monoisotopic (exact) mass is 268 g/mol. The number of rotatable bonds is 4. The third-order valence-corrected chi connectivity index (χ3v) is 2.96. The number of carboxylic acids is 1. The standard InChI is InChI=1S/C16H16N2O2/c1-11-3-4-12(2)14(9-11)10-17-18-15-7-5-13(6-8-15)16(19)20/h3-10,18H,1-2H3,(H,19,20)/b17-10-. The molecule has 0 saturated carbocycles. The maximum Gasteiger partial charge on any atom is 0.335 e. The SMILES string of the molecule is Cc1ccc(C)c(/C=N\Nc2ccc(C(=O)O)cc2)c1. The molecule has 2 aromatic carbocycles. The average molecular weight is 268 g/mol. The minimum Gasteiger partial charge on any atom is -0.478 e. The van der Waals surface area contributed by atoms with E-state index in [1.165, 1.54) is 17.7 Å². The van der Waals surface area contributed by atoms with Crippen LogP contribution in [-0.4, -0.2) is 17.3 Å². The third kappa shape index (κ3) is 3.45. The van der Waals surface area contributed by atoms with E-state index in [4.69, 9.17) is 5.11 Å². The average Bonchev–Trinajstić information content (AvgIpc) is 2.43. The lowest BCUT2D eigenvalue weighted by atomic mass is 10.1. The molecule has 0 heterocycles. The summed E-state index contributed by atoms with van der Waals surface area (Å²) in [6.45, 7) is 4.07. The van der Waals surface area contributed by atoms with Crippen molar-refractivity contribution in [3.8, 4) is 0 Å². The molecule has 0 bridgehead atoms. The van der Waals surface area contributed by atoms with Crippen molar-refractivity contribution >= 4 is 17.9 Å². The van der Waals surface area contributed by atoms with Crippen LogP contribution in [0.4, 0.5) is 5.69 Å². The van der Waals surface area contributed by atoms with Gasteiger partial charge in [0.1, 0.15) is 0 Å². The number of hydrazone groups is 1. The molecule has 2 aromatic rings. The number of aromatic carboxylic acids is 1. The summed E-state index contributed by atoms with van der Waals surface area (Å²) in [7, 11) is 0. The van der Waals surface area contributed by atoms with Crippen LogP contribution in [0.5, 0.6) is 0 Å². The van der Waals surface area contributed by atoms with Crippen LogP contribution >= 0.6 is 0 Å². The zero-order valence-electron chi connectivity index (χ0n) is 11.4. The van der Waals surface area contributed by atoms with Crippen molar-refractivity contribution in [2.75, 3.05) is 5.43 Å². The molecule has 4 nitrogen and oxygen atoms in total. The summed E-state index contributed by atoms with van der Waals surface area (Å²) in [5, 5.41) is 13.0. The predicted molar refractivity (Wildman–Crippen MR) is 80.5 cm³/mol. The topological polar surface area (TPSA) is 61.7 Å². The zero-order chi connectivity index (χ0) is 14.5. The minimum absolute atomic E-state index is 0.258. The molecule has 0 aliphatic rings. The Kier molecular flexibility index (Phi) is 4.15. The second kappa shape index (κ2) is 6.02. The van der Waals surface area contributed by atoms with Crippen LogP contribution in [0.2, 0.25) is 0 Å². The highest BCUT2D eigenvalue weighted by atomic mass is 16.4. The molecular formula is C16H16N2O2. The van der Waals surface area contributed by atoms with Gasteiger partial charge in [0.15, 0.2) is 0 Å². The first kappa shape index (κ1) is 13.8. The molecule has 0 unspecified atom stereocenters. The Bertz CT molecular complexity index is 646. The minimum atomic E-state index is -0.935. The Morgan fingerprint density at radius 3 is 2.50 bits per heavy atom. The highest BCUT2D eigenvalue weighted by Gasteiger charge is 2.00. The maximum atomic E-state index is 10.7. The van der Waals surface area contributed by atoms with Gasteiger partial charge in [-0.2, -0.15) is 5.10 Å². The molecule has 102 valence electrons. The van der Waals surface area contributed by atoms with Gasteiger partial charge in [-0.25, -0.2) is 4.79 Å². The van der Waals surface area contributed by atoms with Gasteiger partial charge in [-0.3, -0.25) is 5.43 Å². The number of nitrogens with zero attached hydrogens (tertiary/aromatic N) is 1. The molecule has 0 aliphatic carbocycles. The van der Waals surface area contributed by atoms with Crippen LogP contribution in [0.25, 0.3) is 0 Å². The van der Waals surface area contributed by atoms with Crippen molar-refractivity contribution in [3.63, 3.8) is 0 Å². The molecule has 0 amide bonds. The predicted octanol–water partition coefficient (Wildman–Crippen LogP) is 3.45. The fourth-order valence-electron chi connectivity index (χ4n) is 1.76. The van der Waals surface area contributed by atoms with E-state index in [1.54, 1.807) is 18.3 Å². The van der Waals surface area contributed by atoms with E-state index < -0.39 is 5.97 Å². The van der Waals surface area contributed by atoms with Gasteiger partial charge in [0, 0.05) is 0 Å². The van der Waals surface area contributed by atoms with Crippen molar-refractivity contribution in [2.45, 2.75) is 13.8 Å². The van der Waals surface area contributed by atoms with Crippen LogP contribution in [0.15, 0.2) is 47.6 Å². The van der Waals surface area contributed by atoms with Crippen molar-refractivity contribution in [1.29, 1.82) is 0 Å². The van der Waals surface area contributed by atoms with Crippen molar-refractivity contribution in [1.82, 2.24) is 0 Å². The van der Waals surface area contributed by atoms with Gasteiger partial charge in [0.2, 0.25) is 0 Å². The second-order valence-corrected chi connectivity index (χ2v) is 4.61. The molecule has 0 radical (unpaired) electrons. The van der Waals surface area contributed by atoms with E-state index >= 15 is 0 Å². The van der Waals surface area contributed by atoms with Crippen LogP contribution < -0.4 is 5.43 Å². The Balaban J connectivity index is 2.06. The van der Waals surface area contributed by atoms with E-state index in [0.29, 0.717) is 0 Å². The molecular weight excluding hydrogens is 252 g/mol. The Morgan fingerprint density at radius 2 is 1.85 bits per heavy atom. The van der Waals surface area contributed by atoms with Gasteiger partial charge < -0.3 is 5.11 Å². The van der Waals surface area contributed by atoms with Crippen molar-refractivity contribution < 1.29 is 9.90 Å². The highest BCUT2D eigenvalue weighted by Crippen LogP contribution is 2.11. The summed E-state index contributed by atoms with van der Waals surface area (Å²) >= 11 is 0. The molecule has 2 rings (SSSR count). The number of hydrogen-bond donors (Lipinski definition) is 2. The van der Waals surface area contributed by atoms with E-state index in [1.807, 2.05) is 13.8 Å². The number of benzene rings is 2. The quantitative estimate of drug-likeness (QED) is 0.659. The highest BCUT2D eigenvalue weighted by molar-refractivity contribution is 5.88. The van der Waals surface area contributed by atoms with Gasteiger partial charge in [-0.05, 0) is 49.2 Å². The lowest BCUT2D eigenvalue weighted by molar-refractivity contribution is 0.0697. The van der Waals surface area contributed by atoms with E-state index in [-0.39, 0.29) is 5.56 Å². The van der Waals surface area contributed by atoms with Gasteiger partial charge in [0.05, 0.1) is 17.5 Å². The van der Waals surface area contributed by atoms with E-state index in [9.17, 15) is 4.79 Å². The van der Waals surface area contributed by atoms with Gasteiger partial charge in [0.25, 0.3) is 0 Å². The first-order chi connectivity index (χ1) is 9.56. The largest absolute Gasteiger partial charge is 0.478 e. The molecule has 0 saturated heterocycles. The van der Waals surface area contributed by atoms with E-state index in [2.05, 4.69) is 28.7 Å². The number of hydrogen-bond acceptors (Lipinski definition) is 3. The molecule has 4 heteroatoms. The van der Waals surface area contributed by atoms with Crippen molar-refractivity contribution in [2.24, 2.45) is 5.10 Å². The number of carbonyl (C=O) groups is 1. The fraction of sp³-hybridized carbons (Fsp3) is 0.125. The number of aryl methyl sites for hydroxylation is 2. The van der Waals surface area contributed by atoms with Crippen LogP contribution in [0, 0.1) is 13.8 Å². The van der Waals surface area contributed by atoms with Gasteiger partial charge >= 0.3 is 5.97 Å². The number of carboxylic acid groups (broad SMARTS) is 1. The molecule has 20 heavy (non-hydrogen) atoms. The molecule has 0 aromatic heterocycles. The smallest absolute Gasteiger partial charge is 0.335 e. The number of anilines is 1. The molecule has 0 fully saturated rings. The third-order valence-electron chi connectivity index (χ3n) is 2.96. The zero-order valence-corrected chi connectivity index (χ0v) is 11.4. The van der Waals surface area contributed by atoms with Crippen LogP contribution in [0.3, 0.4) is 0 Å². The lowest BCUT2D eigenvalue weighted by Crippen LogP contribution is -1.97. The molecule has 2 N–H and O–H groups in total. The molecule has 0 atom stereocenters. The molecule has 0 spiro atoms. The van der Waals surface area contributed by atoms with E-state index in [0.717, 1.165) is 16.8 Å². The summed E-state index contributed by atoms with van der Waals surface area (Å²) < 4.78 is 0. The summed E-state index contributed by atoms with van der Waals surface area (Å²) in [5.41, 5.74) is 7.28. The summed E-state index contributed by atoms with van der Waals surface area (Å²) in [4.78, 5) is 10.7. The van der Waals surface area contributed by atoms with Gasteiger partial charge in [-0.1, -0.05) is 23.8 Å². The van der Waals surface area contributed by atoms with Crippen molar-refractivity contribution in [3.05, 3.63) is 64.7 Å². The second-order valence-electron chi connectivity index (χ2n) is 4.61. The first-order valence-corrected chi connectivity index (χ1v) is 6.26. The van der Waals surface area contributed by atoms with Crippen LogP contribution in [-0.2, 0) is 0 Å². The fourth-order valence-corrected chi connectivity index (χ4v) is 1.76.